The first-order chi connectivity index (χ1) is 12.1. The second kappa shape index (κ2) is 7.86. The van der Waals surface area contributed by atoms with Crippen LogP contribution in [-0.2, 0) is 17.8 Å². The van der Waals surface area contributed by atoms with Crippen LogP contribution in [0.3, 0.4) is 0 Å². The van der Waals surface area contributed by atoms with Crippen LogP contribution in [0.25, 0.3) is 11.2 Å². The Morgan fingerprint density at radius 1 is 1.32 bits per heavy atom. The van der Waals surface area contributed by atoms with Crippen LogP contribution in [0.2, 0.25) is 10.0 Å². The highest BCUT2D eigenvalue weighted by molar-refractivity contribution is 6.42. The van der Waals surface area contributed by atoms with E-state index in [1.54, 1.807) is 23.0 Å². The lowest BCUT2D eigenvalue weighted by atomic mass is 10.2. The number of halogens is 2. The average Bonchev–Trinajstić information content (AvgIpc) is 3.00. The average molecular weight is 382 g/mol. The summed E-state index contributed by atoms with van der Waals surface area (Å²) < 4.78 is 7.05. The molecular weight excluding hydrogens is 365 g/mol. The summed E-state index contributed by atoms with van der Waals surface area (Å²) in [4.78, 5) is 23.6. The molecule has 0 amide bonds. The van der Waals surface area contributed by atoms with E-state index in [4.69, 9.17) is 27.9 Å². The summed E-state index contributed by atoms with van der Waals surface area (Å²) in [6.45, 7) is 4.05. The second-order valence-corrected chi connectivity index (χ2v) is 6.14. The minimum atomic E-state index is -0.254. The van der Waals surface area contributed by atoms with Crippen molar-refractivity contribution >= 4 is 40.3 Å². The van der Waals surface area contributed by atoms with Gasteiger partial charge in [0.15, 0.2) is 11.2 Å². The molecule has 0 aliphatic carbocycles. The van der Waals surface area contributed by atoms with Crippen LogP contribution in [0.4, 0.5) is 5.95 Å². The van der Waals surface area contributed by atoms with Crippen LogP contribution < -0.4 is 10.9 Å². The number of rotatable bonds is 7. The van der Waals surface area contributed by atoms with Crippen molar-refractivity contribution in [2.75, 3.05) is 18.5 Å². The molecule has 0 fully saturated rings. The number of aromatic amines is 1. The number of aromatic nitrogens is 4. The summed E-state index contributed by atoms with van der Waals surface area (Å²) in [5.41, 5.74) is 1.48. The fourth-order valence-electron chi connectivity index (χ4n) is 2.38. The van der Waals surface area contributed by atoms with Crippen LogP contribution in [0.1, 0.15) is 12.5 Å². The van der Waals surface area contributed by atoms with Gasteiger partial charge in [-0.15, -0.1) is 0 Å². The SMILES string of the molecule is CCOCCn1cnc2nc(NCc3ccc(Cl)c(Cl)c3)[nH]c(=O)c21. The van der Waals surface area contributed by atoms with E-state index in [2.05, 4.69) is 20.3 Å². The molecule has 0 atom stereocenters. The predicted molar refractivity (Wildman–Crippen MR) is 98.4 cm³/mol. The maximum absolute atomic E-state index is 12.3. The molecule has 2 N–H and O–H groups in total. The number of H-pyrrole nitrogens is 1. The molecule has 0 saturated carbocycles. The zero-order chi connectivity index (χ0) is 17.8. The number of imidazole rings is 1. The van der Waals surface area contributed by atoms with Crippen molar-refractivity contribution in [1.29, 1.82) is 0 Å². The molecule has 2 aromatic heterocycles. The summed E-state index contributed by atoms with van der Waals surface area (Å²) in [6.07, 6.45) is 1.59. The Balaban J connectivity index is 1.76. The van der Waals surface area contributed by atoms with Gasteiger partial charge >= 0.3 is 0 Å². The van der Waals surface area contributed by atoms with E-state index in [9.17, 15) is 4.79 Å². The molecule has 3 aromatic rings. The number of anilines is 1. The molecule has 0 bridgehead atoms. The van der Waals surface area contributed by atoms with Gasteiger partial charge in [-0.1, -0.05) is 29.3 Å². The fraction of sp³-hybridized carbons (Fsp3) is 0.312. The van der Waals surface area contributed by atoms with Crippen molar-refractivity contribution < 1.29 is 4.74 Å². The molecule has 132 valence electrons. The summed E-state index contributed by atoms with van der Waals surface area (Å²) in [7, 11) is 0. The van der Waals surface area contributed by atoms with Crippen LogP contribution in [0.5, 0.6) is 0 Å². The molecule has 9 heteroatoms. The lowest BCUT2D eigenvalue weighted by molar-refractivity contribution is 0.140. The Morgan fingerprint density at radius 2 is 2.16 bits per heavy atom. The first-order valence-electron chi connectivity index (χ1n) is 7.79. The zero-order valence-corrected chi connectivity index (χ0v) is 15.1. The van der Waals surface area contributed by atoms with Gasteiger partial charge in [-0.25, -0.2) is 4.98 Å². The van der Waals surface area contributed by atoms with Gasteiger partial charge in [0.25, 0.3) is 5.56 Å². The van der Waals surface area contributed by atoms with Gasteiger partial charge < -0.3 is 14.6 Å². The topological polar surface area (TPSA) is 84.8 Å². The third-order valence-electron chi connectivity index (χ3n) is 3.61. The standard InChI is InChI=1S/C16H17Cl2N5O2/c1-2-25-6-5-23-9-20-14-13(23)15(24)22-16(21-14)19-8-10-3-4-11(17)12(18)7-10/h3-4,7,9H,2,5-6,8H2,1H3,(H2,19,21,22,24). The fourth-order valence-corrected chi connectivity index (χ4v) is 2.70. The van der Waals surface area contributed by atoms with Crippen LogP contribution in [0.15, 0.2) is 29.3 Å². The Labute approximate surface area is 154 Å². The van der Waals surface area contributed by atoms with Gasteiger partial charge in [0, 0.05) is 19.7 Å². The minimum Gasteiger partial charge on any atom is -0.380 e. The number of fused-ring (bicyclic) bond motifs is 1. The summed E-state index contributed by atoms with van der Waals surface area (Å²) >= 11 is 11.9. The zero-order valence-electron chi connectivity index (χ0n) is 13.6. The molecule has 0 spiro atoms. The van der Waals surface area contributed by atoms with E-state index in [1.807, 2.05) is 13.0 Å². The summed E-state index contributed by atoms with van der Waals surface area (Å²) in [5.74, 6) is 0.346. The van der Waals surface area contributed by atoms with Crippen molar-refractivity contribution in [3.05, 3.63) is 50.5 Å². The molecule has 7 nitrogen and oxygen atoms in total. The number of hydrogen-bond donors (Lipinski definition) is 2. The van der Waals surface area contributed by atoms with Gasteiger partial charge in [-0.05, 0) is 24.6 Å². The van der Waals surface area contributed by atoms with Crippen molar-refractivity contribution in [3.8, 4) is 0 Å². The largest absolute Gasteiger partial charge is 0.380 e. The number of ether oxygens (including phenoxy) is 1. The van der Waals surface area contributed by atoms with Gasteiger partial charge in [0.05, 0.1) is 23.0 Å². The van der Waals surface area contributed by atoms with Crippen LogP contribution >= 0.6 is 23.2 Å². The molecular formula is C16H17Cl2N5O2. The van der Waals surface area contributed by atoms with E-state index in [0.29, 0.717) is 53.5 Å². The lowest BCUT2D eigenvalue weighted by Gasteiger charge is -2.07. The second-order valence-electron chi connectivity index (χ2n) is 5.32. The van der Waals surface area contributed by atoms with E-state index in [0.717, 1.165) is 5.56 Å². The maximum atomic E-state index is 12.3. The number of benzene rings is 1. The third-order valence-corrected chi connectivity index (χ3v) is 4.35. The molecule has 0 saturated heterocycles. The Bertz CT molecular complexity index is 938. The Hall–Kier alpha value is -2.09. The monoisotopic (exact) mass is 381 g/mol. The number of hydrogen-bond acceptors (Lipinski definition) is 5. The molecule has 0 radical (unpaired) electrons. The van der Waals surface area contributed by atoms with Crippen molar-refractivity contribution in [1.82, 2.24) is 19.5 Å². The van der Waals surface area contributed by atoms with Gasteiger partial charge in [0.2, 0.25) is 5.95 Å². The highest BCUT2D eigenvalue weighted by Gasteiger charge is 2.10. The molecule has 25 heavy (non-hydrogen) atoms. The van der Waals surface area contributed by atoms with E-state index in [-0.39, 0.29) is 5.56 Å². The minimum absolute atomic E-state index is 0.254. The van der Waals surface area contributed by atoms with Gasteiger partial charge in [-0.2, -0.15) is 4.98 Å². The van der Waals surface area contributed by atoms with Crippen LogP contribution in [0, 0.1) is 0 Å². The molecule has 0 unspecified atom stereocenters. The lowest BCUT2D eigenvalue weighted by Crippen LogP contribution is -2.16. The highest BCUT2D eigenvalue weighted by Crippen LogP contribution is 2.22. The maximum Gasteiger partial charge on any atom is 0.278 e. The summed E-state index contributed by atoms with van der Waals surface area (Å²) in [6, 6.07) is 5.33. The predicted octanol–water partition coefficient (Wildman–Crippen LogP) is 3.08. The number of nitrogens with one attached hydrogen (secondary N) is 2. The van der Waals surface area contributed by atoms with Crippen molar-refractivity contribution in [2.45, 2.75) is 20.0 Å². The first kappa shape index (κ1) is 17.7. The van der Waals surface area contributed by atoms with E-state index < -0.39 is 0 Å². The molecule has 2 heterocycles. The highest BCUT2D eigenvalue weighted by atomic mass is 35.5. The van der Waals surface area contributed by atoms with Gasteiger partial charge in [-0.3, -0.25) is 9.78 Å². The Morgan fingerprint density at radius 3 is 2.92 bits per heavy atom. The van der Waals surface area contributed by atoms with E-state index in [1.165, 1.54) is 0 Å². The molecule has 0 aliphatic heterocycles. The molecule has 3 rings (SSSR count). The normalized spacial score (nSPS) is 11.2. The first-order valence-corrected chi connectivity index (χ1v) is 8.54. The molecule has 0 aliphatic rings. The van der Waals surface area contributed by atoms with Crippen LogP contribution in [-0.4, -0.2) is 32.7 Å². The smallest absolute Gasteiger partial charge is 0.278 e. The van der Waals surface area contributed by atoms with Crippen molar-refractivity contribution in [3.63, 3.8) is 0 Å². The third kappa shape index (κ3) is 4.12. The Kier molecular flexibility index (Phi) is 5.57. The van der Waals surface area contributed by atoms with E-state index >= 15 is 0 Å². The van der Waals surface area contributed by atoms with Gasteiger partial charge in [0.1, 0.15) is 0 Å². The van der Waals surface area contributed by atoms with Crippen molar-refractivity contribution in [2.24, 2.45) is 0 Å². The quantitative estimate of drug-likeness (QED) is 0.614. The molecule has 1 aromatic carbocycles. The number of nitrogens with zero attached hydrogens (tertiary/aromatic N) is 3. The summed E-state index contributed by atoms with van der Waals surface area (Å²) in [5, 5.41) is 4.03.